The summed E-state index contributed by atoms with van der Waals surface area (Å²) in [7, 11) is 3.19. The number of carbonyl (C=O) groups excluding carboxylic acids is 2. The van der Waals surface area contributed by atoms with Crippen molar-refractivity contribution in [3.63, 3.8) is 0 Å². The van der Waals surface area contributed by atoms with Gasteiger partial charge in [-0.15, -0.1) is 10.2 Å². The fraction of sp³-hybridized carbons (Fsp3) is 0.292. The molecule has 0 bridgehead atoms. The number of nitrogens with one attached hydrogen (secondary N) is 2. The van der Waals surface area contributed by atoms with Gasteiger partial charge in [0.25, 0.3) is 11.5 Å². The van der Waals surface area contributed by atoms with Gasteiger partial charge < -0.3 is 15.4 Å². The third-order valence-electron chi connectivity index (χ3n) is 5.65. The van der Waals surface area contributed by atoms with Crippen molar-refractivity contribution >= 4 is 45.9 Å². The van der Waals surface area contributed by atoms with E-state index in [9.17, 15) is 14.4 Å². The Hall–Kier alpha value is -3.86. The third-order valence-corrected chi connectivity index (χ3v) is 6.58. The highest BCUT2D eigenvalue weighted by Gasteiger charge is 2.18. The van der Waals surface area contributed by atoms with Crippen LogP contribution in [0.15, 0.2) is 52.4 Å². The zero-order valence-corrected chi connectivity index (χ0v) is 20.7. The Morgan fingerprint density at radius 1 is 1.14 bits per heavy atom. The summed E-state index contributed by atoms with van der Waals surface area (Å²) in [6, 6.07) is 12.0. The van der Waals surface area contributed by atoms with Crippen LogP contribution in [0.25, 0.3) is 16.7 Å². The number of thioether (sulfide) groups is 1. The minimum atomic E-state index is -0.248. The van der Waals surface area contributed by atoms with Crippen molar-refractivity contribution < 1.29 is 14.3 Å². The molecule has 0 saturated heterocycles. The normalized spacial score (nSPS) is 12.0. The number of benzene rings is 2. The van der Waals surface area contributed by atoms with E-state index in [0.29, 0.717) is 38.8 Å². The molecule has 2 heterocycles. The van der Waals surface area contributed by atoms with Crippen LogP contribution >= 0.6 is 11.8 Å². The molecule has 1 atom stereocenters. The van der Waals surface area contributed by atoms with Crippen LogP contribution in [-0.2, 0) is 11.8 Å². The van der Waals surface area contributed by atoms with Crippen molar-refractivity contribution in [2.75, 3.05) is 18.2 Å². The van der Waals surface area contributed by atoms with E-state index < -0.39 is 0 Å². The number of rotatable bonds is 8. The van der Waals surface area contributed by atoms with Gasteiger partial charge in [-0.1, -0.05) is 18.7 Å². The number of methoxy groups -OCH3 is 1. The maximum absolute atomic E-state index is 12.9. The molecule has 35 heavy (non-hydrogen) atoms. The van der Waals surface area contributed by atoms with Crippen molar-refractivity contribution in [2.45, 2.75) is 31.5 Å². The van der Waals surface area contributed by atoms with Crippen molar-refractivity contribution in [3.8, 4) is 5.75 Å². The molecule has 11 heteroatoms. The second-order valence-electron chi connectivity index (χ2n) is 8.06. The Labute approximate surface area is 205 Å². The van der Waals surface area contributed by atoms with Gasteiger partial charge in [0.05, 0.1) is 23.8 Å². The quantitative estimate of drug-likeness (QED) is 0.362. The van der Waals surface area contributed by atoms with Gasteiger partial charge in [-0.2, -0.15) is 0 Å². The van der Waals surface area contributed by atoms with E-state index in [1.165, 1.54) is 16.3 Å². The average Bonchev–Trinajstić information content (AvgIpc) is 3.30. The maximum atomic E-state index is 12.9. The van der Waals surface area contributed by atoms with Crippen LogP contribution in [0.4, 0.5) is 5.69 Å². The molecule has 2 N–H and O–H groups in total. The standard InChI is InChI=1S/C24H26N6O4S/c1-5-14(2)25-21(32)15-6-11-18-19(12-15)30-23(29(3)22(18)33)27-28-24(30)35-13-20(31)26-16-7-9-17(34-4)10-8-16/h6-12,14H,5,13H2,1-4H3,(H,25,32)(H,26,31). The largest absolute Gasteiger partial charge is 0.497 e. The summed E-state index contributed by atoms with van der Waals surface area (Å²) in [5.74, 6) is 0.642. The van der Waals surface area contributed by atoms with Gasteiger partial charge in [-0.05, 0) is 55.8 Å². The molecule has 2 aromatic heterocycles. The smallest absolute Gasteiger partial charge is 0.262 e. The fourth-order valence-corrected chi connectivity index (χ4v) is 4.24. The summed E-state index contributed by atoms with van der Waals surface area (Å²) in [6.07, 6.45) is 0.801. The van der Waals surface area contributed by atoms with Crippen LogP contribution in [0.3, 0.4) is 0 Å². The molecule has 2 aromatic carbocycles. The van der Waals surface area contributed by atoms with Crippen molar-refractivity contribution in [1.82, 2.24) is 24.5 Å². The molecule has 0 aliphatic heterocycles. The molecule has 4 rings (SSSR count). The van der Waals surface area contributed by atoms with E-state index in [1.807, 2.05) is 13.8 Å². The number of amides is 2. The topological polar surface area (TPSA) is 120 Å². The second kappa shape index (κ2) is 10.2. The van der Waals surface area contributed by atoms with Crippen LogP contribution in [-0.4, -0.2) is 49.9 Å². The van der Waals surface area contributed by atoms with Crippen LogP contribution in [0.5, 0.6) is 5.75 Å². The van der Waals surface area contributed by atoms with Crippen molar-refractivity contribution in [1.29, 1.82) is 0 Å². The Bertz CT molecular complexity index is 1460. The highest BCUT2D eigenvalue weighted by atomic mass is 32.2. The van der Waals surface area contributed by atoms with Crippen molar-refractivity contribution in [2.24, 2.45) is 7.05 Å². The molecular formula is C24H26N6O4S. The first-order chi connectivity index (χ1) is 16.8. The number of aromatic nitrogens is 4. The summed E-state index contributed by atoms with van der Waals surface area (Å²) in [4.78, 5) is 38.1. The molecule has 1 unspecified atom stereocenters. The molecule has 2 amide bonds. The van der Waals surface area contributed by atoms with Gasteiger partial charge in [-0.25, -0.2) is 0 Å². The number of hydrogen-bond donors (Lipinski definition) is 2. The van der Waals surface area contributed by atoms with Crippen LogP contribution < -0.4 is 20.9 Å². The lowest BCUT2D eigenvalue weighted by Crippen LogP contribution is -2.32. The summed E-state index contributed by atoms with van der Waals surface area (Å²) < 4.78 is 8.22. The minimum Gasteiger partial charge on any atom is -0.497 e. The molecule has 0 saturated carbocycles. The highest BCUT2D eigenvalue weighted by molar-refractivity contribution is 7.99. The molecule has 4 aromatic rings. The van der Waals surface area contributed by atoms with Crippen molar-refractivity contribution in [3.05, 3.63) is 58.4 Å². The first-order valence-corrected chi connectivity index (χ1v) is 12.1. The first-order valence-electron chi connectivity index (χ1n) is 11.1. The maximum Gasteiger partial charge on any atom is 0.262 e. The van der Waals surface area contributed by atoms with Gasteiger partial charge in [-0.3, -0.25) is 23.4 Å². The summed E-state index contributed by atoms with van der Waals surface area (Å²) in [5, 5.41) is 15.0. The lowest BCUT2D eigenvalue weighted by molar-refractivity contribution is -0.113. The third kappa shape index (κ3) is 4.99. The van der Waals surface area contributed by atoms with E-state index in [4.69, 9.17) is 4.74 Å². The van der Waals surface area contributed by atoms with E-state index in [1.54, 1.807) is 61.0 Å². The summed E-state index contributed by atoms with van der Waals surface area (Å²) in [5.41, 5.74) is 1.33. The minimum absolute atomic E-state index is 0.0205. The summed E-state index contributed by atoms with van der Waals surface area (Å²) in [6.45, 7) is 3.92. The van der Waals surface area contributed by atoms with Crippen LogP contribution in [0.2, 0.25) is 0 Å². The zero-order chi connectivity index (χ0) is 25.1. The van der Waals surface area contributed by atoms with Gasteiger partial charge in [0.1, 0.15) is 5.75 Å². The Morgan fingerprint density at radius 2 is 1.89 bits per heavy atom. The lowest BCUT2D eigenvalue weighted by atomic mass is 10.1. The second-order valence-corrected chi connectivity index (χ2v) is 9.00. The average molecular weight is 495 g/mol. The number of anilines is 1. The van der Waals surface area contributed by atoms with E-state index in [0.717, 1.165) is 6.42 Å². The molecule has 0 radical (unpaired) electrons. The monoisotopic (exact) mass is 494 g/mol. The molecular weight excluding hydrogens is 468 g/mol. The zero-order valence-electron chi connectivity index (χ0n) is 19.9. The van der Waals surface area contributed by atoms with E-state index in [-0.39, 0.29) is 29.2 Å². The molecule has 0 spiro atoms. The molecule has 0 aliphatic rings. The fourth-order valence-electron chi connectivity index (χ4n) is 3.50. The molecule has 0 aliphatic carbocycles. The summed E-state index contributed by atoms with van der Waals surface area (Å²) >= 11 is 1.19. The molecule has 182 valence electrons. The SMILES string of the molecule is CCC(C)NC(=O)c1ccc2c(=O)n(C)c3nnc(SCC(=O)Nc4ccc(OC)cc4)n3c2c1. The number of nitrogens with zero attached hydrogens (tertiary/aromatic N) is 4. The van der Waals surface area contributed by atoms with Crippen LogP contribution in [0.1, 0.15) is 30.6 Å². The van der Waals surface area contributed by atoms with E-state index in [2.05, 4.69) is 20.8 Å². The van der Waals surface area contributed by atoms with Gasteiger partial charge >= 0.3 is 0 Å². The Balaban J connectivity index is 1.64. The molecule has 10 nitrogen and oxygen atoms in total. The predicted molar refractivity (Wildman–Crippen MR) is 135 cm³/mol. The Kier molecular flexibility index (Phi) is 7.06. The number of aryl methyl sites for hydroxylation is 1. The van der Waals surface area contributed by atoms with Gasteiger partial charge in [0.2, 0.25) is 11.7 Å². The predicted octanol–water partition coefficient (Wildman–Crippen LogP) is 2.85. The highest BCUT2D eigenvalue weighted by Crippen LogP contribution is 2.23. The van der Waals surface area contributed by atoms with Gasteiger partial charge in [0.15, 0.2) is 5.16 Å². The number of fused-ring (bicyclic) bond motifs is 3. The first kappa shape index (κ1) is 24.3. The number of carbonyl (C=O) groups is 2. The molecule has 0 fully saturated rings. The lowest BCUT2D eigenvalue weighted by Gasteiger charge is -2.13. The number of hydrogen-bond acceptors (Lipinski definition) is 7. The van der Waals surface area contributed by atoms with E-state index >= 15 is 0 Å². The number of ether oxygens (including phenoxy) is 1. The van der Waals surface area contributed by atoms with Gasteiger partial charge in [0, 0.05) is 24.3 Å². The Morgan fingerprint density at radius 3 is 2.57 bits per heavy atom. The van der Waals surface area contributed by atoms with Crippen LogP contribution in [0, 0.1) is 0 Å².